The molecular formula is C18H22FN3O3. The van der Waals surface area contributed by atoms with Gasteiger partial charge in [0.25, 0.3) is 0 Å². The van der Waals surface area contributed by atoms with Crippen LogP contribution < -0.4 is 0 Å². The summed E-state index contributed by atoms with van der Waals surface area (Å²) < 4.78 is 23.6. The van der Waals surface area contributed by atoms with Crippen molar-refractivity contribution < 1.29 is 18.4 Å². The number of likely N-dealkylation sites (tertiary alicyclic amines) is 1. The van der Waals surface area contributed by atoms with Crippen LogP contribution in [0.5, 0.6) is 0 Å². The van der Waals surface area contributed by atoms with E-state index in [1.54, 1.807) is 6.07 Å². The molecule has 1 aromatic heterocycles. The first kappa shape index (κ1) is 17.5. The number of ether oxygens (including phenoxy) is 1. The highest BCUT2D eigenvalue weighted by molar-refractivity contribution is 5.72. The van der Waals surface area contributed by atoms with Crippen molar-refractivity contribution in [2.75, 3.05) is 19.7 Å². The molecule has 7 heteroatoms. The van der Waals surface area contributed by atoms with Crippen molar-refractivity contribution in [3.8, 4) is 0 Å². The Balaban J connectivity index is 1.56. The zero-order valence-corrected chi connectivity index (χ0v) is 14.3. The van der Waals surface area contributed by atoms with Gasteiger partial charge in [-0.1, -0.05) is 17.3 Å². The fourth-order valence-corrected chi connectivity index (χ4v) is 3.10. The van der Waals surface area contributed by atoms with E-state index in [1.165, 1.54) is 12.1 Å². The lowest BCUT2D eigenvalue weighted by molar-refractivity contribution is -0.150. The highest BCUT2D eigenvalue weighted by Crippen LogP contribution is 2.19. The summed E-state index contributed by atoms with van der Waals surface area (Å²) >= 11 is 0. The van der Waals surface area contributed by atoms with Gasteiger partial charge in [-0.3, -0.25) is 9.69 Å². The van der Waals surface area contributed by atoms with Crippen molar-refractivity contribution in [1.82, 2.24) is 15.0 Å². The molecular weight excluding hydrogens is 325 g/mol. The highest BCUT2D eigenvalue weighted by atomic mass is 19.1. The molecule has 25 heavy (non-hydrogen) atoms. The fourth-order valence-electron chi connectivity index (χ4n) is 3.10. The van der Waals surface area contributed by atoms with Crippen LogP contribution in [0.1, 0.15) is 37.0 Å². The molecule has 1 aromatic carbocycles. The molecule has 134 valence electrons. The van der Waals surface area contributed by atoms with E-state index in [0.29, 0.717) is 37.8 Å². The van der Waals surface area contributed by atoms with E-state index >= 15 is 0 Å². The largest absolute Gasteiger partial charge is 0.466 e. The van der Waals surface area contributed by atoms with Crippen molar-refractivity contribution in [3.63, 3.8) is 0 Å². The summed E-state index contributed by atoms with van der Waals surface area (Å²) in [6, 6.07) is 6.36. The number of piperidine rings is 1. The van der Waals surface area contributed by atoms with Crippen LogP contribution in [0.3, 0.4) is 0 Å². The summed E-state index contributed by atoms with van der Waals surface area (Å²) in [6.07, 6.45) is 2.21. The Morgan fingerprint density at radius 3 is 3.16 bits per heavy atom. The highest BCUT2D eigenvalue weighted by Gasteiger charge is 2.27. The van der Waals surface area contributed by atoms with Gasteiger partial charge in [-0.25, -0.2) is 4.39 Å². The smallest absolute Gasteiger partial charge is 0.310 e. The minimum atomic E-state index is -0.278. The summed E-state index contributed by atoms with van der Waals surface area (Å²) in [4.78, 5) is 18.4. The van der Waals surface area contributed by atoms with Gasteiger partial charge in [0.1, 0.15) is 5.82 Å². The Labute approximate surface area is 146 Å². The second-order valence-corrected chi connectivity index (χ2v) is 6.24. The van der Waals surface area contributed by atoms with E-state index in [1.807, 2.05) is 13.0 Å². The second-order valence-electron chi connectivity index (χ2n) is 6.24. The van der Waals surface area contributed by atoms with Crippen LogP contribution in [0.25, 0.3) is 0 Å². The maximum absolute atomic E-state index is 13.2. The van der Waals surface area contributed by atoms with Crippen molar-refractivity contribution >= 4 is 5.97 Å². The summed E-state index contributed by atoms with van der Waals surface area (Å²) in [5.74, 6) is 0.530. The Bertz CT molecular complexity index is 719. The van der Waals surface area contributed by atoms with Crippen LogP contribution in [0, 0.1) is 11.7 Å². The minimum Gasteiger partial charge on any atom is -0.466 e. The molecule has 0 amide bonds. The zero-order valence-electron chi connectivity index (χ0n) is 14.3. The lowest BCUT2D eigenvalue weighted by Gasteiger charge is -2.30. The minimum absolute atomic E-state index is 0.0941. The number of halogens is 1. The fraction of sp³-hybridized carbons (Fsp3) is 0.500. The normalized spacial score (nSPS) is 18.2. The molecule has 1 atom stereocenters. The van der Waals surface area contributed by atoms with Gasteiger partial charge >= 0.3 is 5.97 Å². The van der Waals surface area contributed by atoms with Crippen molar-refractivity contribution in [1.29, 1.82) is 0 Å². The lowest BCUT2D eigenvalue weighted by atomic mass is 9.98. The molecule has 0 radical (unpaired) electrons. The molecule has 0 bridgehead atoms. The predicted octanol–water partition coefficient (Wildman–Crippen LogP) is 2.57. The number of rotatable bonds is 6. The Morgan fingerprint density at radius 2 is 2.36 bits per heavy atom. The number of hydrogen-bond donors (Lipinski definition) is 0. The number of benzene rings is 1. The van der Waals surface area contributed by atoms with Gasteiger partial charge < -0.3 is 9.26 Å². The van der Waals surface area contributed by atoms with Crippen LogP contribution >= 0.6 is 0 Å². The van der Waals surface area contributed by atoms with Gasteiger partial charge in [-0.05, 0) is 44.0 Å². The number of esters is 1. The van der Waals surface area contributed by atoms with E-state index < -0.39 is 0 Å². The first-order chi connectivity index (χ1) is 12.1. The van der Waals surface area contributed by atoms with E-state index in [2.05, 4.69) is 15.0 Å². The van der Waals surface area contributed by atoms with Crippen molar-refractivity contribution in [2.45, 2.75) is 32.7 Å². The molecule has 0 unspecified atom stereocenters. The zero-order chi connectivity index (χ0) is 17.6. The first-order valence-corrected chi connectivity index (χ1v) is 8.59. The van der Waals surface area contributed by atoms with E-state index in [4.69, 9.17) is 9.26 Å². The quantitative estimate of drug-likeness (QED) is 0.748. The van der Waals surface area contributed by atoms with Crippen LogP contribution in [0.2, 0.25) is 0 Å². The Kier molecular flexibility index (Phi) is 5.75. The number of carbonyl (C=O) groups excluding carboxylic acids is 1. The third-order valence-electron chi connectivity index (χ3n) is 4.25. The number of hydrogen-bond acceptors (Lipinski definition) is 6. The monoisotopic (exact) mass is 347 g/mol. The van der Waals surface area contributed by atoms with E-state index in [0.717, 1.165) is 24.9 Å². The van der Waals surface area contributed by atoms with Gasteiger partial charge in [-0.2, -0.15) is 4.98 Å². The molecule has 2 aromatic rings. The SMILES string of the molecule is CCOC(=O)[C@@H]1CCCN(Cc2nc(Cc3cccc(F)c3)no2)C1. The third kappa shape index (κ3) is 4.85. The molecule has 1 aliphatic rings. The second kappa shape index (κ2) is 8.20. The first-order valence-electron chi connectivity index (χ1n) is 8.59. The van der Waals surface area contributed by atoms with Gasteiger partial charge in [-0.15, -0.1) is 0 Å². The van der Waals surface area contributed by atoms with Gasteiger partial charge in [0.2, 0.25) is 5.89 Å². The van der Waals surface area contributed by atoms with Crippen LogP contribution in [0.4, 0.5) is 4.39 Å². The number of carbonyl (C=O) groups is 1. The molecule has 0 N–H and O–H groups in total. The molecule has 0 aliphatic carbocycles. The molecule has 1 fully saturated rings. The van der Waals surface area contributed by atoms with Gasteiger partial charge in [0.15, 0.2) is 5.82 Å². The van der Waals surface area contributed by atoms with E-state index in [9.17, 15) is 9.18 Å². The Hall–Kier alpha value is -2.28. The Morgan fingerprint density at radius 1 is 1.48 bits per heavy atom. The molecule has 2 heterocycles. The lowest BCUT2D eigenvalue weighted by Crippen LogP contribution is -2.39. The summed E-state index contributed by atoms with van der Waals surface area (Å²) in [5, 5.41) is 3.96. The molecule has 1 aliphatic heterocycles. The number of nitrogens with zero attached hydrogens (tertiary/aromatic N) is 3. The molecule has 0 saturated carbocycles. The van der Waals surface area contributed by atoms with Crippen LogP contribution in [0.15, 0.2) is 28.8 Å². The van der Waals surface area contributed by atoms with Crippen molar-refractivity contribution in [2.24, 2.45) is 5.92 Å². The standard InChI is InChI=1S/C18H22FN3O3/c1-2-24-18(23)14-6-4-8-22(11-14)12-17-20-16(21-25-17)10-13-5-3-7-15(19)9-13/h3,5,7,9,14H,2,4,6,8,10-12H2,1H3/t14-/m1/s1. The number of aromatic nitrogens is 2. The van der Waals surface area contributed by atoms with Crippen LogP contribution in [-0.4, -0.2) is 40.7 Å². The van der Waals surface area contributed by atoms with Crippen LogP contribution in [-0.2, 0) is 22.5 Å². The van der Waals surface area contributed by atoms with E-state index in [-0.39, 0.29) is 17.7 Å². The molecule has 1 saturated heterocycles. The van der Waals surface area contributed by atoms with Gasteiger partial charge in [0.05, 0.1) is 19.1 Å². The topological polar surface area (TPSA) is 68.5 Å². The summed E-state index contributed by atoms with van der Waals surface area (Å²) in [7, 11) is 0. The molecule has 0 spiro atoms. The maximum atomic E-state index is 13.2. The molecule has 3 rings (SSSR count). The molecule has 6 nitrogen and oxygen atoms in total. The summed E-state index contributed by atoms with van der Waals surface area (Å²) in [5.41, 5.74) is 0.799. The summed E-state index contributed by atoms with van der Waals surface area (Å²) in [6.45, 7) is 4.25. The van der Waals surface area contributed by atoms with Gasteiger partial charge in [0, 0.05) is 13.0 Å². The average molecular weight is 347 g/mol. The third-order valence-corrected chi connectivity index (χ3v) is 4.25. The average Bonchev–Trinajstić information content (AvgIpc) is 3.02. The maximum Gasteiger partial charge on any atom is 0.310 e. The predicted molar refractivity (Wildman–Crippen MR) is 88.1 cm³/mol. The van der Waals surface area contributed by atoms with Crippen molar-refractivity contribution in [3.05, 3.63) is 47.4 Å².